The molecular formula is C13H19N. The topological polar surface area (TPSA) is 3.24 Å². The van der Waals surface area contributed by atoms with Crippen LogP contribution in [0.4, 0.5) is 0 Å². The van der Waals surface area contributed by atoms with Gasteiger partial charge in [-0.1, -0.05) is 24.3 Å². The molecule has 1 aliphatic rings. The first-order valence-electron chi connectivity index (χ1n) is 5.50. The predicted molar refractivity (Wildman–Crippen MR) is 60.6 cm³/mol. The van der Waals surface area contributed by atoms with Gasteiger partial charge in [-0.15, -0.1) is 0 Å². The van der Waals surface area contributed by atoms with E-state index in [4.69, 9.17) is 0 Å². The van der Waals surface area contributed by atoms with Gasteiger partial charge in [0.1, 0.15) is 0 Å². The molecule has 0 aliphatic heterocycles. The van der Waals surface area contributed by atoms with Gasteiger partial charge in [0.05, 0.1) is 0 Å². The van der Waals surface area contributed by atoms with Crippen molar-refractivity contribution in [2.75, 3.05) is 14.1 Å². The fraction of sp³-hybridized carbons (Fsp3) is 0.538. The molecule has 14 heavy (non-hydrogen) atoms. The van der Waals surface area contributed by atoms with E-state index in [9.17, 15) is 0 Å². The van der Waals surface area contributed by atoms with Crippen molar-refractivity contribution in [3.05, 3.63) is 35.4 Å². The van der Waals surface area contributed by atoms with E-state index in [0.717, 1.165) is 6.04 Å². The molecule has 0 N–H and O–H groups in total. The highest BCUT2D eigenvalue weighted by molar-refractivity contribution is 5.29. The van der Waals surface area contributed by atoms with Crippen LogP contribution in [-0.4, -0.2) is 25.0 Å². The van der Waals surface area contributed by atoms with Crippen LogP contribution in [0.25, 0.3) is 0 Å². The Kier molecular flexibility index (Phi) is 2.87. The number of aryl methyl sites for hydroxylation is 1. The molecule has 0 saturated carbocycles. The van der Waals surface area contributed by atoms with E-state index < -0.39 is 0 Å². The van der Waals surface area contributed by atoms with Crippen molar-refractivity contribution in [1.82, 2.24) is 4.90 Å². The Balaban J connectivity index is 2.22. The second-order valence-corrected chi connectivity index (χ2v) is 4.48. The summed E-state index contributed by atoms with van der Waals surface area (Å²) in [5.74, 6) is 0. The van der Waals surface area contributed by atoms with Gasteiger partial charge in [0.2, 0.25) is 0 Å². The molecular weight excluding hydrogens is 170 g/mol. The average molecular weight is 189 g/mol. The monoisotopic (exact) mass is 189 g/mol. The van der Waals surface area contributed by atoms with E-state index in [1.165, 1.54) is 25.7 Å². The number of benzene rings is 1. The van der Waals surface area contributed by atoms with Gasteiger partial charge in [0.15, 0.2) is 0 Å². The summed E-state index contributed by atoms with van der Waals surface area (Å²) < 4.78 is 0. The summed E-state index contributed by atoms with van der Waals surface area (Å²) >= 11 is 0. The Hall–Kier alpha value is -0.820. The third kappa shape index (κ3) is 1.98. The smallest absolute Gasteiger partial charge is 0.0130 e. The van der Waals surface area contributed by atoms with E-state index in [1.807, 2.05) is 0 Å². The Morgan fingerprint density at radius 2 is 1.86 bits per heavy atom. The van der Waals surface area contributed by atoms with E-state index in [2.05, 4.69) is 43.3 Å². The van der Waals surface area contributed by atoms with Gasteiger partial charge < -0.3 is 4.90 Å². The summed E-state index contributed by atoms with van der Waals surface area (Å²) in [6.07, 6.45) is 5.16. The van der Waals surface area contributed by atoms with Gasteiger partial charge in [0, 0.05) is 6.04 Å². The van der Waals surface area contributed by atoms with Gasteiger partial charge in [-0.2, -0.15) is 0 Å². The summed E-state index contributed by atoms with van der Waals surface area (Å²) in [6.45, 7) is 0. The summed E-state index contributed by atoms with van der Waals surface area (Å²) in [5, 5.41) is 0. The van der Waals surface area contributed by atoms with E-state index in [0.29, 0.717) is 0 Å². The van der Waals surface area contributed by atoms with Gasteiger partial charge in [-0.05, 0) is 50.9 Å². The van der Waals surface area contributed by atoms with Crippen LogP contribution in [0.1, 0.15) is 24.0 Å². The lowest BCUT2D eigenvalue weighted by atomic mass is 10.0. The van der Waals surface area contributed by atoms with Crippen molar-refractivity contribution < 1.29 is 0 Å². The summed E-state index contributed by atoms with van der Waals surface area (Å²) in [6, 6.07) is 9.63. The normalized spacial score (nSPS) is 21.8. The third-order valence-corrected chi connectivity index (χ3v) is 3.29. The summed E-state index contributed by atoms with van der Waals surface area (Å²) in [5.41, 5.74) is 3.13. The maximum Gasteiger partial charge on any atom is 0.0130 e. The Labute approximate surface area is 86.7 Å². The highest BCUT2D eigenvalue weighted by Gasteiger charge is 2.17. The summed E-state index contributed by atoms with van der Waals surface area (Å²) in [4.78, 5) is 2.36. The molecule has 0 saturated heterocycles. The number of fused-ring (bicyclic) bond motifs is 1. The first-order valence-corrected chi connectivity index (χ1v) is 5.50. The maximum atomic E-state index is 2.36. The van der Waals surface area contributed by atoms with Crippen molar-refractivity contribution in [2.24, 2.45) is 0 Å². The lowest BCUT2D eigenvalue weighted by molar-refractivity contribution is 0.277. The van der Waals surface area contributed by atoms with Crippen molar-refractivity contribution in [2.45, 2.75) is 31.7 Å². The average Bonchev–Trinajstić information content (AvgIpc) is 2.39. The Bertz CT molecular complexity index is 304. The molecule has 1 aliphatic carbocycles. The molecule has 1 nitrogen and oxygen atoms in total. The predicted octanol–water partition coefficient (Wildman–Crippen LogP) is 2.50. The zero-order chi connectivity index (χ0) is 9.97. The first kappa shape index (κ1) is 9.72. The molecule has 0 spiro atoms. The van der Waals surface area contributed by atoms with Crippen LogP contribution in [0.2, 0.25) is 0 Å². The molecule has 0 unspecified atom stereocenters. The Morgan fingerprint density at radius 1 is 1.14 bits per heavy atom. The third-order valence-electron chi connectivity index (χ3n) is 3.29. The maximum absolute atomic E-state index is 2.36. The largest absolute Gasteiger partial charge is 0.306 e. The molecule has 0 aromatic heterocycles. The van der Waals surface area contributed by atoms with E-state index in [1.54, 1.807) is 11.1 Å². The van der Waals surface area contributed by atoms with Crippen molar-refractivity contribution in [1.29, 1.82) is 0 Å². The second-order valence-electron chi connectivity index (χ2n) is 4.48. The number of rotatable bonds is 1. The van der Waals surface area contributed by atoms with Gasteiger partial charge in [-0.3, -0.25) is 0 Å². The molecule has 2 rings (SSSR count). The van der Waals surface area contributed by atoms with Crippen LogP contribution in [0.3, 0.4) is 0 Å². The lowest BCUT2D eigenvalue weighted by Gasteiger charge is -2.22. The zero-order valence-corrected chi connectivity index (χ0v) is 9.16. The van der Waals surface area contributed by atoms with Crippen molar-refractivity contribution >= 4 is 0 Å². The minimum Gasteiger partial charge on any atom is -0.306 e. The summed E-state index contributed by atoms with van der Waals surface area (Å²) in [7, 11) is 4.39. The number of nitrogens with zero attached hydrogens (tertiary/aromatic N) is 1. The molecule has 0 bridgehead atoms. The molecule has 0 fully saturated rings. The molecule has 76 valence electrons. The van der Waals surface area contributed by atoms with Gasteiger partial charge >= 0.3 is 0 Å². The minimum absolute atomic E-state index is 0.735. The highest BCUT2D eigenvalue weighted by atomic mass is 15.1. The van der Waals surface area contributed by atoms with E-state index in [-0.39, 0.29) is 0 Å². The molecule has 1 aromatic carbocycles. The van der Waals surface area contributed by atoms with Crippen LogP contribution in [0.15, 0.2) is 24.3 Å². The Morgan fingerprint density at radius 3 is 2.57 bits per heavy atom. The number of likely N-dealkylation sites (N-methyl/N-ethyl adjacent to an activating group) is 1. The van der Waals surface area contributed by atoms with Crippen molar-refractivity contribution in [3.63, 3.8) is 0 Å². The zero-order valence-electron chi connectivity index (χ0n) is 9.16. The first-order chi connectivity index (χ1) is 6.77. The molecule has 0 heterocycles. The van der Waals surface area contributed by atoms with Gasteiger partial charge in [0.25, 0.3) is 0 Å². The molecule has 0 amide bonds. The number of hydrogen-bond acceptors (Lipinski definition) is 1. The fourth-order valence-corrected chi connectivity index (χ4v) is 2.33. The van der Waals surface area contributed by atoms with Crippen LogP contribution in [-0.2, 0) is 12.8 Å². The van der Waals surface area contributed by atoms with Gasteiger partial charge in [-0.25, -0.2) is 0 Å². The van der Waals surface area contributed by atoms with E-state index >= 15 is 0 Å². The second kappa shape index (κ2) is 4.14. The van der Waals surface area contributed by atoms with Crippen LogP contribution >= 0.6 is 0 Å². The quantitative estimate of drug-likeness (QED) is 0.613. The minimum atomic E-state index is 0.735. The molecule has 0 radical (unpaired) electrons. The number of hydrogen-bond donors (Lipinski definition) is 0. The standard InChI is InChI=1S/C13H19N/c1-14(2)13-9-5-8-11-6-3-4-7-12(11)10-13/h3-4,6-7,13H,5,8-10H2,1-2H3/t13-/m1/s1. The lowest BCUT2D eigenvalue weighted by Crippen LogP contribution is -2.29. The van der Waals surface area contributed by atoms with Crippen molar-refractivity contribution in [3.8, 4) is 0 Å². The molecule has 1 aromatic rings. The van der Waals surface area contributed by atoms with Crippen LogP contribution in [0.5, 0.6) is 0 Å². The van der Waals surface area contributed by atoms with Crippen LogP contribution < -0.4 is 0 Å². The SMILES string of the molecule is CN(C)[C@@H]1CCCc2ccccc2C1. The highest BCUT2D eigenvalue weighted by Crippen LogP contribution is 2.22. The van der Waals surface area contributed by atoms with Crippen LogP contribution in [0, 0.1) is 0 Å². The fourth-order valence-electron chi connectivity index (χ4n) is 2.33. The molecule has 1 atom stereocenters. The molecule has 1 heteroatoms.